The number of hydrogen-bond acceptors (Lipinski definition) is 6. The zero-order valence-electron chi connectivity index (χ0n) is 18.6. The van der Waals surface area contributed by atoms with Crippen LogP contribution in [0, 0.1) is 23.5 Å². The molecule has 0 radical (unpaired) electrons. The quantitative estimate of drug-likeness (QED) is 0.598. The van der Waals surface area contributed by atoms with Crippen LogP contribution < -0.4 is 15.5 Å². The number of aliphatic hydroxyl groups excluding tert-OH is 1. The minimum absolute atomic E-state index is 0.0176. The highest BCUT2D eigenvalue weighted by Crippen LogP contribution is 2.35. The van der Waals surface area contributed by atoms with Gasteiger partial charge in [-0.1, -0.05) is 6.92 Å². The first kappa shape index (κ1) is 22.9. The predicted molar refractivity (Wildman–Crippen MR) is 115 cm³/mol. The van der Waals surface area contributed by atoms with Crippen LogP contribution in [-0.4, -0.2) is 84.4 Å². The number of hydrogen-bond donors (Lipinski definition) is 3. The summed E-state index contributed by atoms with van der Waals surface area (Å²) in [5.74, 6) is -2.50. The molecule has 8 nitrogen and oxygen atoms in total. The van der Waals surface area contributed by atoms with Crippen LogP contribution in [0.4, 0.5) is 14.5 Å². The van der Waals surface area contributed by atoms with Crippen molar-refractivity contribution in [3.8, 4) is 0 Å². The van der Waals surface area contributed by atoms with Crippen molar-refractivity contribution in [2.24, 2.45) is 11.8 Å². The highest BCUT2D eigenvalue weighted by molar-refractivity contribution is 5.90. The Labute approximate surface area is 186 Å². The van der Waals surface area contributed by atoms with Crippen LogP contribution in [0.3, 0.4) is 0 Å². The molecule has 4 atom stereocenters. The molecule has 3 aliphatic heterocycles. The summed E-state index contributed by atoms with van der Waals surface area (Å²) < 4.78 is 26.9. The number of piperazine rings is 1. The van der Waals surface area contributed by atoms with Crippen molar-refractivity contribution in [2.75, 3.05) is 44.7 Å². The number of nitrogens with one attached hydrogen (secondary N) is 2. The van der Waals surface area contributed by atoms with Crippen molar-refractivity contribution < 1.29 is 23.5 Å². The highest BCUT2D eigenvalue weighted by atomic mass is 19.2. The van der Waals surface area contributed by atoms with Gasteiger partial charge in [0.2, 0.25) is 11.8 Å². The maximum Gasteiger partial charge on any atom is 0.243 e. The number of likely N-dealkylation sites (tertiary alicyclic amines) is 1. The van der Waals surface area contributed by atoms with Crippen molar-refractivity contribution in [3.63, 3.8) is 0 Å². The van der Waals surface area contributed by atoms with Crippen molar-refractivity contribution in [1.82, 2.24) is 20.4 Å². The minimum atomic E-state index is -1.12. The monoisotopic (exact) mass is 451 g/mol. The molecule has 1 aromatic carbocycles. The SMILES string of the molecule is CC(CC1(C2CN(C)C2)NC(O)NC1=O)C(=O)N1CCN(c2ccc(F)c(F)c2)[C@@H](C)C1. The number of rotatable bonds is 5. The summed E-state index contributed by atoms with van der Waals surface area (Å²) in [4.78, 5) is 31.8. The van der Waals surface area contributed by atoms with E-state index in [4.69, 9.17) is 0 Å². The molecular formula is C22H31F2N5O3. The number of halogens is 2. The number of carbonyl (C=O) groups excluding carboxylic acids is 2. The topological polar surface area (TPSA) is 88.1 Å². The van der Waals surface area contributed by atoms with E-state index < -0.39 is 29.4 Å². The molecule has 176 valence electrons. The second kappa shape index (κ2) is 8.57. The Bertz CT molecular complexity index is 896. The van der Waals surface area contributed by atoms with Gasteiger partial charge in [0.1, 0.15) is 5.54 Å². The summed E-state index contributed by atoms with van der Waals surface area (Å²) in [5, 5.41) is 15.5. The molecular weight excluding hydrogens is 420 g/mol. The largest absolute Gasteiger partial charge is 0.365 e. The van der Waals surface area contributed by atoms with Crippen LogP contribution in [0.25, 0.3) is 0 Å². The van der Waals surface area contributed by atoms with Gasteiger partial charge in [0.15, 0.2) is 18.0 Å². The highest BCUT2D eigenvalue weighted by Gasteiger charge is 2.55. The van der Waals surface area contributed by atoms with E-state index in [2.05, 4.69) is 15.5 Å². The van der Waals surface area contributed by atoms with Crippen LogP contribution in [-0.2, 0) is 9.59 Å². The smallest absolute Gasteiger partial charge is 0.243 e. The molecule has 0 spiro atoms. The molecule has 0 saturated carbocycles. The average Bonchev–Trinajstić information content (AvgIpc) is 3.00. The van der Waals surface area contributed by atoms with Gasteiger partial charge in [-0.2, -0.15) is 0 Å². The Balaban J connectivity index is 1.42. The fraction of sp³-hybridized carbons (Fsp3) is 0.636. The molecule has 10 heteroatoms. The molecule has 32 heavy (non-hydrogen) atoms. The lowest BCUT2D eigenvalue weighted by Gasteiger charge is -2.47. The zero-order valence-corrected chi connectivity index (χ0v) is 18.6. The van der Waals surface area contributed by atoms with E-state index in [0.29, 0.717) is 31.7 Å². The Kier molecular flexibility index (Phi) is 6.12. The van der Waals surface area contributed by atoms with Crippen LogP contribution in [0.2, 0.25) is 0 Å². The third-order valence-electron chi connectivity index (χ3n) is 7.05. The van der Waals surface area contributed by atoms with E-state index >= 15 is 0 Å². The number of anilines is 1. The van der Waals surface area contributed by atoms with E-state index in [1.165, 1.54) is 6.07 Å². The number of amides is 2. The third-order valence-corrected chi connectivity index (χ3v) is 7.05. The van der Waals surface area contributed by atoms with Crippen LogP contribution in [0.15, 0.2) is 18.2 Å². The molecule has 3 saturated heterocycles. The van der Waals surface area contributed by atoms with Gasteiger partial charge in [-0.15, -0.1) is 0 Å². The van der Waals surface area contributed by atoms with Gasteiger partial charge in [0.25, 0.3) is 0 Å². The second-order valence-corrected chi connectivity index (χ2v) is 9.44. The summed E-state index contributed by atoms with van der Waals surface area (Å²) in [7, 11) is 1.97. The van der Waals surface area contributed by atoms with E-state index in [1.807, 2.05) is 25.8 Å². The van der Waals surface area contributed by atoms with Gasteiger partial charge in [0.05, 0.1) is 0 Å². The average molecular weight is 452 g/mol. The van der Waals surface area contributed by atoms with Crippen LogP contribution in [0.5, 0.6) is 0 Å². The molecule has 3 unspecified atom stereocenters. The van der Waals surface area contributed by atoms with Gasteiger partial charge < -0.3 is 25.1 Å². The second-order valence-electron chi connectivity index (χ2n) is 9.44. The maximum absolute atomic E-state index is 13.7. The normalized spacial score (nSPS) is 30.2. The molecule has 3 N–H and O–H groups in total. The Morgan fingerprint density at radius 3 is 2.53 bits per heavy atom. The van der Waals surface area contributed by atoms with Gasteiger partial charge in [0, 0.05) is 62.4 Å². The molecule has 0 aliphatic carbocycles. The fourth-order valence-electron chi connectivity index (χ4n) is 5.32. The lowest BCUT2D eigenvalue weighted by Crippen LogP contribution is -2.65. The fourth-order valence-corrected chi connectivity index (χ4v) is 5.32. The van der Waals surface area contributed by atoms with Gasteiger partial charge in [-0.3, -0.25) is 14.9 Å². The van der Waals surface area contributed by atoms with E-state index in [0.717, 1.165) is 19.2 Å². The third kappa shape index (κ3) is 4.06. The number of nitrogens with zero attached hydrogens (tertiary/aromatic N) is 3. The van der Waals surface area contributed by atoms with Crippen molar-refractivity contribution in [2.45, 2.75) is 38.2 Å². The molecule has 0 aromatic heterocycles. The summed E-state index contributed by atoms with van der Waals surface area (Å²) in [5.41, 5.74) is -0.384. The van der Waals surface area contributed by atoms with Gasteiger partial charge in [-0.05, 0) is 32.5 Å². The lowest BCUT2D eigenvalue weighted by molar-refractivity contribution is -0.138. The number of carbonyl (C=O) groups is 2. The Morgan fingerprint density at radius 1 is 1.25 bits per heavy atom. The first-order valence-corrected chi connectivity index (χ1v) is 11.1. The number of benzene rings is 1. The van der Waals surface area contributed by atoms with E-state index in [-0.39, 0.29) is 23.8 Å². The van der Waals surface area contributed by atoms with Crippen molar-refractivity contribution in [3.05, 3.63) is 29.8 Å². The zero-order chi connectivity index (χ0) is 23.2. The van der Waals surface area contributed by atoms with Crippen LogP contribution >= 0.6 is 0 Å². The Hall–Kier alpha value is -2.30. The molecule has 1 aromatic rings. The first-order chi connectivity index (χ1) is 15.1. The Morgan fingerprint density at radius 2 is 1.97 bits per heavy atom. The molecule has 3 aliphatic rings. The molecule has 4 rings (SSSR count). The van der Waals surface area contributed by atoms with Crippen molar-refractivity contribution in [1.29, 1.82) is 0 Å². The molecule has 2 amide bonds. The summed E-state index contributed by atoms with van der Waals surface area (Å²) in [6.45, 7) is 6.60. The molecule has 3 heterocycles. The summed E-state index contributed by atoms with van der Waals surface area (Å²) in [6, 6.07) is 3.77. The minimum Gasteiger partial charge on any atom is -0.365 e. The molecule has 0 bridgehead atoms. The molecule has 3 fully saturated rings. The predicted octanol–water partition coefficient (Wildman–Crippen LogP) is 0.324. The van der Waals surface area contributed by atoms with E-state index in [9.17, 15) is 23.5 Å². The number of aliphatic hydroxyl groups is 1. The lowest BCUT2D eigenvalue weighted by atomic mass is 9.73. The van der Waals surface area contributed by atoms with Crippen molar-refractivity contribution >= 4 is 17.5 Å². The summed E-state index contributed by atoms with van der Waals surface area (Å²) in [6.07, 6.45) is -0.819. The van der Waals surface area contributed by atoms with Crippen LogP contribution in [0.1, 0.15) is 20.3 Å². The maximum atomic E-state index is 13.7. The van der Waals surface area contributed by atoms with Gasteiger partial charge in [-0.25, -0.2) is 8.78 Å². The summed E-state index contributed by atoms with van der Waals surface area (Å²) >= 11 is 0. The standard InChI is InChI=1S/C22H31F2N5O3/c1-13(9-22(15-11-27(3)12-15)20(31)25-21(32)26-22)19(30)28-6-7-29(14(2)10-28)16-4-5-17(23)18(24)8-16/h4-5,8,13-15,21,26,32H,6-7,9-12H2,1-3H3,(H,25,31)/t13?,14-,21?,22?/m0/s1. The first-order valence-electron chi connectivity index (χ1n) is 11.1. The van der Waals surface area contributed by atoms with E-state index in [1.54, 1.807) is 11.0 Å². The van der Waals surface area contributed by atoms with Gasteiger partial charge >= 0.3 is 0 Å².